The van der Waals surface area contributed by atoms with Gasteiger partial charge in [0.1, 0.15) is 5.92 Å². The summed E-state index contributed by atoms with van der Waals surface area (Å²) in [4.78, 5) is 12.1. The highest BCUT2D eigenvalue weighted by atomic mass is 32.2. The molecular formula is C14H15N3OS. The van der Waals surface area contributed by atoms with Crippen LogP contribution in [0.15, 0.2) is 29.2 Å². The molecule has 1 aromatic carbocycles. The first-order chi connectivity index (χ1) is 9.12. The third-order valence-electron chi connectivity index (χ3n) is 2.80. The van der Waals surface area contributed by atoms with Crippen LogP contribution in [0.1, 0.15) is 18.4 Å². The summed E-state index contributed by atoms with van der Waals surface area (Å²) >= 11 is 1.63. The van der Waals surface area contributed by atoms with Crippen LogP contribution in [0.3, 0.4) is 0 Å². The van der Waals surface area contributed by atoms with Crippen molar-refractivity contribution in [1.82, 2.24) is 5.32 Å². The standard InChI is InChI=1S/C14H15N3OS/c1-10(18)17-9-14(12(7-15)8-16)11-3-5-13(19-2)6-4-11/h3-6,12,14H,9H2,1-2H3,(H,17,18). The summed E-state index contributed by atoms with van der Waals surface area (Å²) in [5.41, 5.74) is 0.889. The number of amides is 1. The SMILES string of the molecule is CSc1ccc(C(CNC(C)=O)C(C#N)C#N)cc1. The second-order valence-electron chi connectivity index (χ2n) is 4.05. The lowest BCUT2D eigenvalue weighted by molar-refractivity contribution is -0.119. The molecule has 0 aromatic heterocycles. The van der Waals surface area contributed by atoms with Gasteiger partial charge in [-0.1, -0.05) is 12.1 Å². The molecule has 0 radical (unpaired) electrons. The average molecular weight is 273 g/mol. The second kappa shape index (κ2) is 7.45. The molecule has 1 unspecified atom stereocenters. The number of benzene rings is 1. The number of nitrogens with one attached hydrogen (secondary N) is 1. The van der Waals surface area contributed by atoms with Crippen LogP contribution in [0, 0.1) is 28.6 Å². The van der Waals surface area contributed by atoms with Gasteiger partial charge in [-0.2, -0.15) is 10.5 Å². The minimum atomic E-state index is -0.771. The number of thioether (sulfide) groups is 1. The molecule has 98 valence electrons. The van der Waals surface area contributed by atoms with E-state index in [1.165, 1.54) is 6.92 Å². The molecule has 5 heteroatoms. The number of carbonyl (C=O) groups is 1. The van der Waals surface area contributed by atoms with Crippen molar-refractivity contribution in [3.63, 3.8) is 0 Å². The van der Waals surface area contributed by atoms with Gasteiger partial charge in [0.15, 0.2) is 0 Å². The van der Waals surface area contributed by atoms with Gasteiger partial charge < -0.3 is 5.32 Å². The Balaban J connectivity index is 2.97. The molecule has 1 atom stereocenters. The molecule has 0 spiro atoms. The number of hydrogen-bond acceptors (Lipinski definition) is 4. The van der Waals surface area contributed by atoms with E-state index in [4.69, 9.17) is 10.5 Å². The van der Waals surface area contributed by atoms with Crippen LogP contribution < -0.4 is 5.32 Å². The maximum absolute atomic E-state index is 11.0. The third kappa shape index (κ3) is 4.31. The fraction of sp³-hybridized carbons (Fsp3) is 0.357. The molecule has 0 heterocycles. The van der Waals surface area contributed by atoms with Crippen molar-refractivity contribution in [2.75, 3.05) is 12.8 Å². The molecule has 0 fully saturated rings. The topological polar surface area (TPSA) is 76.7 Å². The van der Waals surface area contributed by atoms with Crippen molar-refractivity contribution < 1.29 is 4.79 Å². The van der Waals surface area contributed by atoms with Crippen LogP contribution in [0.25, 0.3) is 0 Å². The first kappa shape index (κ1) is 15.1. The van der Waals surface area contributed by atoms with Crippen molar-refractivity contribution in [3.05, 3.63) is 29.8 Å². The van der Waals surface area contributed by atoms with Crippen LogP contribution in [0.4, 0.5) is 0 Å². The lowest BCUT2D eigenvalue weighted by Crippen LogP contribution is -2.29. The van der Waals surface area contributed by atoms with E-state index in [9.17, 15) is 4.79 Å². The Labute approximate surface area is 117 Å². The zero-order valence-corrected chi connectivity index (χ0v) is 11.7. The summed E-state index contributed by atoms with van der Waals surface area (Å²) in [6, 6.07) is 11.7. The molecule has 1 amide bonds. The average Bonchev–Trinajstić information content (AvgIpc) is 2.43. The summed E-state index contributed by atoms with van der Waals surface area (Å²) in [6.07, 6.45) is 1.98. The molecule has 0 saturated heterocycles. The fourth-order valence-electron chi connectivity index (χ4n) is 1.74. The van der Waals surface area contributed by atoms with E-state index in [1.54, 1.807) is 11.8 Å². The van der Waals surface area contributed by atoms with Gasteiger partial charge in [0, 0.05) is 24.3 Å². The first-order valence-electron chi connectivity index (χ1n) is 5.80. The monoisotopic (exact) mass is 273 g/mol. The van der Waals surface area contributed by atoms with Crippen LogP contribution in [0.5, 0.6) is 0 Å². The van der Waals surface area contributed by atoms with E-state index in [0.717, 1.165) is 10.5 Å². The minimum Gasteiger partial charge on any atom is -0.356 e. The summed E-state index contributed by atoms with van der Waals surface area (Å²) in [6.45, 7) is 1.71. The van der Waals surface area contributed by atoms with Crippen molar-refractivity contribution in [2.45, 2.75) is 17.7 Å². The van der Waals surface area contributed by atoms with Gasteiger partial charge in [0.25, 0.3) is 0 Å². The number of nitrogens with zero attached hydrogens (tertiary/aromatic N) is 2. The normalized spacial score (nSPS) is 11.4. The van der Waals surface area contributed by atoms with Crippen molar-refractivity contribution >= 4 is 17.7 Å². The highest BCUT2D eigenvalue weighted by Crippen LogP contribution is 2.25. The van der Waals surface area contributed by atoms with Gasteiger partial charge in [-0.15, -0.1) is 11.8 Å². The molecule has 1 N–H and O–H groups in total. The predicted octanol–water partition coefficient (Wildman–Crippen LogP) is 2.29. The van der Waals surface area contributed by atoms with Gasteiger partial charge >= 0.3 is 0 Å². The fourth-order valence-corrected chi connectivity index (χ4v) is 2.15. The molecule has 0 bridgehead atoms. The lowest BCUT2D eigenvalue weighted by atomic mass is 9.87. The van der Waals surface area contributed by atoms with Gasteiger partial charge in [-0.3, -0.25) is 4.79 Å². The molecule has 0 aliphatic rings. The first-order valence-corrected chi connectivity index (χ1v) is 7.02. The van der Waals surface area contributed by atoms with Crippen LogP contribution in [0.2, 0.25) is 0 Å². The van der Waals surface area contributed by atoms with Crippen molar-refractivity contribution in [2.24, 2.45) is 5.92 Å². The van der Waals surface area contributed by atoms with Crippen LogP contribution in [-0.2, 0) is 4.79 Å². The van der Waals surface area contributed by atoms with Gasteiger partial charge in [0.05, 0.1) is 12.1 Å². The Morgan fingerprint density at radius 2 is 1.89 bits per heavy atom. The number of carbonyl (C=O) groups excluding carboxylic acids is 1. The molecule has 1 rings (SSSR count). The Kier molecular flexibility index (Phi) is 5.92. The summed E-state index contributed by atoms with van der Waals surface area (Å²) < 4.78 is 0. The Morgan fingerprint density at radius 3 is 2.32 bits per heavy atom. The Morgan fingerprint density at radius 1 is 1.32 bits per heavy atom. The molecule has 4 nitrogen and oxygen atoms in total. The maximum atomic E-state index is 11.0. The van der Waals surface area contributed by atoms with Crippen LogP contribution >= 0.6 is 11.8 Å². The Bertz CT molecular complexity index is 499. The number of nitriles is 2. The van der Waals surface area contributed by atoms with Gasteiger partial charge in [0.2, 0.25) is 5.91 Å². The largest absolute Gasteiger partial charge is 0.356 e. The Hall–Kier alpha value is -1.98. The molecular weight excluding hydrogens is 258 g/mol. The van der Waals surface area contributed by atoms with E-state index in [0.29, 0.717) is 6.54 Å². The molecule has 0 aliphatic carbocycles. The molecule has 0 saturated carbocycles. The zero-order valence-electron chi connectivity index (χ0n) is 10.9. The molecule has 19 heavy (non-hydrogen) atoms. The highest BCUT2D eigenvalue weighted by molar-refractivity contribution is 7.98. The van der Waals surface area contributed by atoms with Gasteiger partial charge in [-0.25, -0.2) is 0 Å². The summed E-state index contributed by atoms with van der Waals surface area (Å²) in [7, 11) is 0. The van der Waals surface area contributed by atoms with E-state index >= 15 is 0 Å². The quantitative estimate of drug-likeness (QED) is 0.835. The number of rotatable bonds is 5. The van der Waals surface area contributed by atoms with Crippen molar-refractivity contribution in [3.8, 4) is 12.1 Å². The second-order valence-corrected chi connectivity index (χ2v) is 4.93. The zero-order chi connectivity index (χ0) is 14.3. The highest BCUT2D eigenvalue weighted by Gasteiger charge is 2.23. The van der Waals surface area contributed by atoms with E-state index in [-0.39, 0.29) is 11.8 Å². The van der Waals surface area contributed by atoms with E-state index < -0.39 is 5.92 Å². The molecule has 0 aliphatic heterocycles. The maximum Gasteiger partial charge on any atom is 0.216 e. The number of hydrogen-bond donors (Lipinski definition) is 1. The van der Waals surface area contributed by atoms with Crippen LogP contribution in [-0.4, -0.2) is 18.7 Å². The third-order valence-corrected chi connectivity index (χ3v) is 3.54. The lowest BCUT2D eigenvalue weighted by Gasteiger charge is -2.18. The van der Waals surface area contributed by atoms with E-state index in [1.807, 2.05) is 42.7 Å². The van der Waals surface area contributed by atoms with Crippen molar-refractivity contribution in [1.29, 1.82) is 10.5 Å². The summed E-state index contributed by atoms with van der Waals surface area (Å²) in [5.74, 6) is -1.25. The minimum absolute atomic E-state index is 0.166. The van der Waals surface area contributed by atoms with E-state index in [2.05, 4.69) is 5.32 Å². The summed E-state index contributed by atoms with van der Waals surface area (Å²) in [5, 5.41) is 20.7. The smallest absolute Gasteiger partial charge is 0.216 e. The predicted molar refractivity (Wildman–Crippen MR) is 74.4 cm³/mol. The van der Waals surface area contributed by atoms with Gasteiger partial charge in [-0.05, 0) is 24.0 Å². The molecule has 1 aromatic rings.